The van der Waals surface area contributed by atoms with Crippen LogP contribution in [0.25, 0.3) is 0 Å². The largest absolute Gasteiger partial charge is 0.472 e. The van der Waals surface area contributed by atoms with E-state index in [4.69, 9.17) is 18.5 Å². The molecule has 0 aliphatic carbocycles. The zero-order valence-corrected chi connectivity index (χ0v) is 38.4. The summed E-state index contributed by atoms with van der Waals surface area (Å²) in [4.78, 5) is 34.6. The fourth-order valence-electron chi connectivity index (χ4n) is 6.35. The first kappa shape index (κ1) is 56.9. The van der Waals surface area contributed by atoms with Gasteiger partial charge in [0.15, 0.2) is 0 Å². The van der Waals surface area contributed by atoms with Gasteiger partial charge in [0.05, 0.1) is 26.4 Å². The van der Waals surface area contributed by atoms with Crippen molar-refractivity contribution in [1.82, 2.24) is 0 Å². The molecule has 0 saturated carbocycles. The van der Waals surface area contributed by atoms with Crippen molar-refractivity contribution in [2.24, 2.45) is 0 Å². The number of hydrogen-bond acceptors (Lipinski definition) is 9. The van der Waals surface area contributed by atoms with Gasteiger partial charge in [-0.3, -0.25) is 18.6 Å². The van der Waals surface area contributed by atoms with Crippen molar-refractivity contribution in [2.75, 3.05) is 26.4 Å². The van der Waals surface area contributed by atoms with Crippen LogP contribution >= 0.6 is 7.82 Å². The van der Waals surface area contributed by atoms with Gasteiger partial charge in [-0.05, 0) is 77.0 Å². The highest BCUT2D eigenvalue weighted by atomic mass is 31.2. The molecule has 0 amide bonds. The number of allylic oxidation sites excluding steroid dienone is 8. The molecule has 0 saturated heterocycles. The average molecular weight is 855 g/mol. The average Bonchev–Trinajstić information content (AvgIpc) is 3.22. The van der Waals surface area contributed by atoms with Crippen LogP contribution in [-0.4, -0.2) is 65.7 Å². The summed E-state index contributed by atoms with van der Waals surface area (Å²) in [5.74, 6) is -1.04. The Morgan fingerprint density at radius 1 is 0.458 bits per heavy atom. The molecule has 0 aromatic carbocycles. The van der Waals surface area contributed by atoms with Crippen molar-refractivity contribution in [2.45, 2.75) is 219 Å². The Morgan fingerprint density at radius 2 is 0.746 bits per heavy atom. The molecule has 11 heteroatoms. The van der Waals surface area contributed by atoms with Crippen molar-refractivity contribution in [3.8, 4) is 0 Å². The molecule has 0 rings (SSSR count). The summed E-state index contributed by atoms with van der Waals surface area (Å²) in [6.07, 6.45) is 47.9. The first-order valence-electron chi connectivity index (χ1n) is 23.6. The lowest BCUT2D eigenvalue weighted by Crippen LogP contribution is -2.28. The Labute approximate surface area is 360 Å². The number of ether oxygens (including phenoxy) is 2. The number of hydrogen-bond donors (Lipinski definition) is 3. The second kappa shape index (κ2) is 44.0. The summed E-state index contributed by atoms with van der Waals surface area (Å²) < 4.78 is 32.6. The number of carbonyl (C=O) groups excluding carboxylic acids is 2. The molecule has 3 unspecified atom stereocenters. The van der Waals surface area contributed by atoms with Crippen LogP contribution in [0.1, 0.15) is 206 Å². The smallest absolute Gasteiger partial charge is 0.457 e. The molecule has 59 heavy (non-hydrogen) atoms. The molecule has 0 aromatic heterocycles. The van der Waals surface area contributed by atoms with Crippen molar-refractivity contribution in [3.63, 3.8) is 0 Å². The van der Waals surface area contributed by atoms with Gasteiger partial charge < -0.3 is 24.6 Å². The Balaban J connectivity index is 3.90. The van der Waals surface area contributed by atoms with Crippen molar-refractivity contribution < 1.29 is 47.8 Å². The molecule has 0 aliphatic rings. The van der Waals surface area contributed by atoms with E-state index in [0.717, 1.165) is 77.0 Å². The van der Waals surface area contributed by atoms with Crippen LogP contribution in [-0.2, 0) is 32.7 Å². The molecule has 0 aliphatic heterocycles. The van der Waals surface area contributed by atoms with E-state index in [9.17, 15) is 29.3 Å². The van der Waals surface area contributed by atoms with E-state index in [2.05, 4.69) is 62.5 Å². The van der Waals surface area contributed by atoms with Gasteiger partial charge in [0.25, 0.3) is 0 Å². The number of carbonyl (C=O) groups is 2. The molecule has 0 radical (unpaired) electrons. The zero-order chi connectivity index (χ0) is 43.3. The highest BCUT2D eigenvalue weighted by molar-refractivity contribution is 7.47. The number of esters is 2. The maximum absolute atomic E-state index is 12.4. The lowest BCUT2D eigenvalue weighted by molar-refractivity contribution is -0.153. The fraction of sp³-hybridized carbons (Fsp3) is 0.792. The fourth-order valence-corrected chi connectivity index (χ4v) is 7.14. The number of aliphatic hydroxyl groups is 2. The van der Waals surface area contributed by atoms with Crippen LogP contribution in [0.3, 0.4) is 0 Å². The summed E-state index contributed by atoms with van der Waals surface area (Å²) in [5.41, 5.74) is 0. The Hall–Kier alpha value is -2.07. The maximum atomic E-state index is 12.4. The lowest BCUT2D eigenvalue weighted by Gasteiger charge is -2.20. The SMILES string of the molecule is CCCCC/C=C\C/C=C\CCCCCCCC(=O)OC(CO)COP(=O)(O)OCC(CO)OC(=O)CCCCCCCCCCC/C=C\C/C=C\CCCCCCC. The molecule has 0 aromatic rings. The number of unbranched alkanes of at least 4 members (excludes halogenated alkanes) is 22. The van der Waals surface area contributed by atoms with Crippen LogP contribution in [0.5, 0.6) is 0 Å². The van der Waals surface area contributed by atoms with Gasteiger partial charge in [-0.2, -0.15) is 0 Å². The second-order valence-corrected chi connectivity index (χ2v) is 17.2. The van der Waals surface area contributed by atoms with Crippen LogP contribution in [0.15, 0.2) is 48.6 Å². The minimum Gasteiger partial charge on any atom is -0.457 e. The Kier molecular flexibility index (Phi) is 42.5. The summed E-state index contributed by atoms with van der Waals surface area (Å²) in [6.45, 7) is 2.16. The van der Waals surface area contributed by atoms with E-state index in [0.29, 0.717) is 12.8 Å². The zero-order valence-electron chi connectivity index (χ0n) is 37.5. The van der Waals surface area contributed by atoms with Gasteiger partial charge in [0.2, 0.25) is 0 Å². The van der Waals surface area contributed by atoms with Gasteiger partial charge in [-0.1, -0.05) is 165 Å². The number of rotatable bonds is 44. The number of phosphoric acid groups is 1. The summed E-state index contributed by atoms with van der Waals surface area (Å²) in [7, 11) is -4.64. The van der Waals surface area contributed by atoms with E-state index >= 15 is 0 Å². The van der Waals surface area contributed by atoms with E-state index in [1.54, 1.807) is 0 Å². The van der Waals surface area contributed by atoms with Gasteiger partial charge in [0.1, 0.15) is 12.2 Å². The number of aliphatic hydroxyl groups excluding tert-OH is 2. The molecule has 0 bridgehead atoms. The minimum absolute atomic E-state index is 0.175. The topological polar surface area (TPSA) is 149 Å². The third-order valence-electron chi connectivity index (χ3n) is 10.0. The standard InChI is InChI=1S/C48H87O10P/c1-3-5-7-9-11-13-15-17-19-20-21-22-23-24-26-28-30-32-34-36-38-40-48(52)58-46(42-50)44-56-59(53,54)55-43-45(41-49)57-47(51)39-37-35-33-31-29-27-25-18-16-14-12-10-8-6-4-2/h12,14-15,17-18,20-21,25,45-46,49-50H,3-11,13,16,19,22-24,26-44H2,1-2H3,(H,53,54)/b14-12-,17-15-,21-20-,25-18-. The minimum atomic E-state index is -4.64. The van der Waals surface area contributed by atoms with Crippen LogP contribution in [0.2, 0.25) is 0 Å². The van der Waals surface area contributed by atoms with E-state index < -0.39 is 58.4 Å². The van der Waals surface area contributed by atoms with Crippen LogP contribution in [0, 0.1) is 0 Å². The highest BCUT2D eigenvalue weighted by Gasteiger charge is 2.27. The van der Waals surface area contributed by atoms with Crippen LogP contribution in [0.4, 0.5) is 0 Å². The van der Waals surface area contributed by atoms with Gasteiger partial charge in [0, 0.05) is 12.8 Å². The maximum Gasteiger partial charge on any atom is 0.472 e. The molecular formula is C48H87O10P. The summed E-state index contributed by atoms with van der Waals surface area (Å²) in [6, 6.07) is 0. The van der Waals surface area contributed by atoms with Gasteiger partial charge in [-0.15, -0.1) is 0 Å². The van der Waals surface area contributed by atoms with E-state index in [1.165, 1.54) is 89.9 Å². The normalized spacial score (nSPS) is 14.2. The molecule has 0 heterocycles. The Bertz CT molecular complexity index is 1120. The number of phosphoric ester groups is 1. The molecule has 3 atom stereocenters. The lowest BCUT2D eigenvalue weighted by atomic mass is 10.1. The first-order chi connectivity index (χ1) is 28.8. The monoisotopic (exact) mass is 855 g/mol. The predicted molar refractivity (Wildman–Crippen MR) is 242 cm³/mol. The van der Waals surface area contributed by atoms with Crippen molar-refractivity contribution in [3.05, 3.63) is 48.6 Å². The summed E-state index contributed by atoms with van der Waals surface area (Å²) >= 11 is 0. The van der Waals surface area contributed by atoms with Crippen molar-refractivity contribution >= 4 is 19.8 Å². The van der Waals surface area contributed by atoms with E-state index in [1.807, 2.05) is 0 Å². The summed E-state index contributed by atoms with van der Waals surface area (Å²) in [5, 5.41) is 19.2. The molecule has 0 fully saturated rings. The molecule has 0 spiro atoms. The second-order valence-electron chi connectivity index (χ2n) is 15.7. The quantitative estimate of drug-likeness (QED) is 0.0234. The highest BCUT2D eigenvalue weighted by Crippen LogP contribution is 2.43. The van der Waals surface area contributed by atoms with Crippen molar-refractivity contribution in [1.29, 1.82) is 0 Å². The molecule has 3 N–H and O–H groups in total. The predicted octanol–water partition coefficient (Wildman–Crippen LogP) is 12.9. The third-order valence-corrected chi connectivity index (χ3v) is 11.0. The van der Waals surface area contributed by atoms with E-state index in [-0.39, 0.29) is 12.8 Å². The first-order valence-corrected chi connectivity index (χ1v) is 25.1. The Morgan fingerprint density at radius 3 is 1.08 bits per heavy atom. The molecule has 344 valence electrons. The van der Waals surface area contributed by atoms with Crippen LogP contribution < -0.4 is 0 Å². The molecule has 10 nitrogen and oxygen atoms in total. The molecular weight excluding hydrogens is 767 g/mol. The third kappa shape index (κ3) is 42.4. The van der Waals surface area contributed by atoms with Gasteiger partial charge in [-0.25, -0.2) is 4.57 Å². The van der Waals surface area contributed by atoms with Gasteiger partial charge >= 0.3 is 19.8 Å².